The number of fused-ring (bicyclic) bond motifs is 1. The van der Waals surface area contributed by atoms with Gasteiger partial charge >= 0.3 is 0 Å². The Hall–Kier alpha value is -0.830. The molecule has 0 bridgehead atoms. The molecule has 0 aromatic heterocycles. The maximum Gasteiger partial charge on any atom is 0.226 e. The molecule has 2 rings (SSSR count). The highest BCUT2D eigenvalue weighted by molar-refractivity contribution is 9.09. The van der Waals surface area contributed by atoms with E-state index in [1.54, 1.807) is 0 Å². The third kappa shape index (κ3) is 2.71. The van der Waals surface area contributed by atoms with Crippen molar-refractivity contribution in [3.63, 3.8) is 0 Å². The van der Waals surface area contributed by atoms with Crippen molar-refractivity contribution in [2.45, 2.75) is 19.8 Å². The zero-order valence-electron chi connectivity index (χ0n) is 10.2. The average molecular weight is 296 g/mol. The predicted octanol–water partition coefficient (Wildman–Crippen LogP) is 2.64. The van der Waals surface area contributed by atoms with Gasteiger partial charge in [-0.3, -0.25) is 4.79 Å². The third-order valence-corrected chi connectivity index (χ3v) is 3.80. The SMILES string of the molecule is CCN(CCBr)C(=O)C1Cc2ccccc2C1. The van der Waals surface area contributed by atoms with Gasteiger partial charge in [-0.15, -0.1) is 0 Å². The van der Waals surface area contributed by atoms with Crippen molar-refractivity contribution >= 4 is 21.8 Å². The summed E-state index contributed by atoms with van der Waals surface area (Å²) in [5, 5.41) is 0.853. The van der Waals surface area contributed by atoms with E-state index < -0.39 is 0 Å². The van der Waals surface area contributed by atoms with Crippen molar-refractivity contribution in [1.29, 1.82) is 0 Å². The molecule has 0 unspecified atom stereocenters. The second kappa shape index (κ2) is 5.67. The maximum atomic E-state index is 12.3. The van der Waals surface area contributed by atoms with Crippen molar-refractivity contribution in [3.8, 4) is 0 Å². The van der Waals surface area contributed by atoms with E-state index in [1.165, 1.54) is 11.1 Å². The average Bonchev–Trinajstić information content (AvgIpc) is 2.78. The molecule has 0 spiro atoms. The summed E-state index contributed by atoms with van der Waals surface area (Å²) in [4.78, 5) is 14.3. The fourth-order valence-electron chi connectivity index (χ4n) is 2.52. The molecule has 1 aliphatic carbocycles. The molecule has 0 N–H and O–H groups in total. The van der Waals surface area contributed by atoms with E-state index in [1.807, 2.05) is 11.8 Å². The van der Waals surface area contributed by atoms with Crippen molar-refractivity contribution in [1.82, 2.24) is 4.90 Å². The summed E-state index contributed by atoms with van der Waals surface area (Å²) >= 11 is 3.40. The van der Waals surface area contributed by atoms with Gasteiger partial charge in [-0.25, -0.2) is 0 Å². The van der Waals surface area contributed by atoms with Crippen LogP contribution in [-0.2, 0) is 17.6 Å². The van der Waals surface area contributed by atoms with Crippen LogP contribution in [0.3, 0.4) is 0 Å². The van der Waals surface area contributed by atoms with Crippen LogP contribution in [0.15, 0.2) is 24.3 Å². The molecule has 92 valence electrons. The second-order valence-electron chi connectivity index (χ2n) is 4.48. The molecule has 1 amide bonds. The quantitative estimate of drug-likeness (QED) is 0.782. The van der Waals surface area contributed by atoms with Gasteiger partial charge in [-0.05, 0) is 30.9 Å². The van der Waals surface area contributed by atoms with Crippen LogP contribution in [0.1, 0.15) is 18.1 Å². The maximum absolute atomic E-state index is 12.3. The number of benzene rings is 1. The molecule has 0 aliphatic heterocycles. The number of carbonyl (C=O) groups is 1. The summed E-state index contributed by atoms with van der Waals surface area (Å²) in [5.41, 5.74) is 2.70. The Labute approximate surface area is 111 Å². The first kappa shape index (κ1) is 12.6. The van der Waals surface area contributed by atoms with Crippen LogP contribution >= 0.6 is 15.9 Å². The monoisotopic (exact) mass is 295 g/mol. The number of hydrogen-bond acceptors (Lipinski definition) is 1. The molecular weight excluding hydrogens is 278 g/mol. The molecule has 0 saturated heterocycles. The molecule has 2 nitrogen and oxygen atoms in total. The Morgan fingerprint density at radius 3 is 2.41 bits per heavy atom. The number of rotatable bonds is 4. The van der Waals surface area contributed by atoms with Gasteiger partial charge in [0.25, 0.3) is 0 Å². The minimum absolute atomic E-state index is 0.159. The molecule has 0 atom stereocenters. The zero-order chi connectivity index (χ0) is 12.3. The topological polar surface area (TPSA) is 20.3 Å². The minimum atomic E-state index is 0.159. The van der Waals surface area contributed by atoms with Crippen LogP contribution in [0, 0.1) is 5.92 Å². The summed E-state index contributed by atoms with van der Waals surface area (Å²) < 4.78 is 0. The first-order valence-corrected chi connectivity index (χ1v) is 7.30. The molecule has 3 heteroatoms. The molecule has 0 radical (unpaired) electrons. The number of hydrogen-bond donors (Lipinski definition) is 0. The van der Waals surface area contributed by atoms with E-state index in [0.717, 1.165) is 31.3 Å². The standard InChI is InChI=1S/C14H18BrNO/c1-2-16(8-7-15)14(17)13-9-11-5-3-4-6-12(11)10-13/h3-6,13H,2,7-10H2,1H3. The second-order valence-corrected chi connectivity index (χ2v) is 5.27. The van der Waals surface area contributed by atoms with Crippen LogP contribution in [0.2, 0.25) is 0 Å². The number of alkyl halides is 1. The van der Waals surface area contributed by atoms with E-state index in [-0.39, 0.29) is 5.92 Å². The number of amides is 1. The number of carbonyl (C=O) groups excluding carboxylic acids is 1. The van der Waals surface area contributed by atoms with Gasteiger partial charge in [0, 0.05) is 24.3 Å². The minimum Gasteiger partial charge on any atom is -0.342 e. The van der Waals surface area contributed by atoms with Gasteiger partial charge < -0.3 is 4.90 Å². The van der Waals surface area contributed by atoms with Crippen LogP contribution in [-0.4, -0.2) is 29.2 Å². The summed E-state index contributed by atoms with van der Waals surface area (Å²) in [6, 6.07) is 8.40. The Kier molecular flexibility index (Phi) is 4.21. The van der Waals surface area contributed by atoms with Gasteiger partial charge in [0.2, 0.25) is 5.91 Å². The Bertz CT molecular complexity index is 380. The summed E-state index contributed by atoms with van der Waals surface area (Å²) in [6.07, 6.45) is 1.82. The van der Waals surface area contributed by atoms with Gasteiger partial charge in [0.05, 0.1) is 0 Å². The first-order valence-electron chi connectivity index (χ1n) is 6.17. The summed E-state index contributed by atoms with van der Waals surface area (Å²) in [7, 11) is 0. The Morgan fingerprint density at radius 1 is 1.35 bits per heavy atom. The van der Waals surface area contributed by atoms with Gasteiger partial charge in [0.1, 0.15) is 0 Å². The zero-order valence-corrected chi connectivity index (χ0v) is 11.7. The van der Waals surface area contributed by atoms with Gasteiger partial charge in [-0.1, -0.05) is 40.2 Å². The number of halogens is 1. The molecule has 1 aliphatic rings. The van der Waals surface area contributed by atoms with Crippen molar-refractivity contribution in [3.05, 3.63) is 35.4 Å². The van der Waals surface area contributed by atoms with E-state index in [4.69, 9.17) is 0 Å². The van der Waals surface area contributed by atoms with E-state index >= 15 is 0 Å². The molecule has 1 aromatic rings. The summed E-state index contributed by atoms with van der Waals surface area (Å²) in [5.74, 6) is 0.467. The lowest BCUT2D eigenvalue weighted by Gasteiger charge is -2.23. The normalized spacial score (nSPS) is 14.7. The highest BCUT2D eigenvalue weighted by atomic mass is 79.9. The number of nitrogens with zero attached hydrogens (tertiary/aromatic N) is 1. The molecule has 0 saturated carbocycles. The smallest absolute Gasteiger partial charge is 0.226 e. The Morgan fingerprint density at radius 2 is 1.94 bits per heavy atom. The van der Waals surface area contributed by atoms with Crippen LogP contribution < -0.4 is 0 Å². The molecular formula is C14H18BrNO. The lowest BCUT2D eigenvalue weighted by Crippen LogP contribution is -2.37. The highest BCUT2D eigenvalue weighted by Crippen LogP contribution is 2.27. The molecule has 0 fully saturated rings. The Balaban J connectivity index is 2.04. The van der Waals surface area contributed by atoms with E-state index in [0.29, 0.717) is 5.91 Å². The molecule has 0 heterocycles. The van der Waals surface area contributed by atoms with Gasteiger partial charge in [0.15, 0.2) is 0 Å². The lowest BCUT2D eigenvalue weighted by atomic mass is 10.0. The lowest BCUT2D eigenvalue weighted by molar-refractivity contribution is -0.134. The predicted molar refractivity (Wildman–Crippen MR) is 73.4 cm³/mol. The third-order valence-electron chi connectivity index (χ3n) is 3.45. The van der Waals surface area contributed by atoms with E-state index in [9.17, 15) is 4.79 Å². The van der Waals surface area contributed by atoms with Crippen molar-refractivity contribution in [2.24, 2.45) is 5.92 Å². The largest absolute Gasteiger partial charge is 0.342 e. The highest BCUT2D eigenvalue weighted by Gasteiger charge is 2.29. The fraction of sp³-hybridized carbons (Fsp3) is 0.500. The summed E-state index contributed by atoms with van der Waals surface area (Å²) in [6.45, 7) is 3.65. The first-order chi connectivity index (χ1) is 8.26. The molecule has 1 aromatic carbocycles. The van der Waals surface area contributed by atoms with Gasteiger partial charge in [-0.2, -0.15) is 0 Å². The van der Waals surface area contributed by atoms with Crippen LogP contribution in [0.4, 0.5) is 0 Å². The van der Waals surface area contributed by atoms with Crippen molar-refractivity contribution in [2.75, 3.05) is 18.4 Å². The van der Waals surface area contributed by atoms with Crippen LogP contribution in [0.5, 0.6) is 0 Å². The fourth-order valence-corrected chi connectivity index (χ4v) is 2.95. The van der Waals surface area contributed by atoms with Crippen LogP contribution in [0.25, 0.3) is 0 Å². The van der Waals surface area contributed by atoms with Crippen molar-refractivity contribution < 1.29 is 4.79 Å². The van der Waals surface area contributed by atoms with E-state index in [2.05, 4.69) is 40.2 Å². The molecule has 17 heavy (non-hydrogen) atoms.